The van der Waals surface area contributed by atoms with E-state index in [0.717, 1.165) is 5.69 Å². The van der Waals surface area contributed by atoms with Gasteiger partial charge in [-0.25, -0.2) is 0 Å². The highest BCUT2D eigenvalue weighted by Gasteiger charge is 2.47. The molecule has 0 amide bonds. The van der Waals surface area contributed by atoms with Gasteiger partial charge in [-0.3, -0.25) is 0 Å². The zero-order valence-corrected chi connectivity index (χ0v) is 36.6. The first kappa shape index (κ1) is 37.6. The summed E-state index contributed by atoms with van der Waals surface area (Å²) >= 11 is 0. The summed E-state index contributed by atoms with van der Waals surface area (Å²) in [4.78, 5) is 0. The van der Waals surface area contributed by atoms with Gasteiger partial charge in [0, 0.05) is 38.2 Å². The van der Waals surface area contributed by atoms with Gasteiger partial charge in [-0.2, -0.15) is 0 Å². The molecule has 2 nitrogen and oxygen atoms in total. The van der Waals surface area contributed by atoms with Crippen molar-refractivity contribution in [3.63, 3.8) is 0 Å². The van der Waals surface area contributed by atoms with E-state index < -0.39 is 5.41 Å². The van der Waals surface area contributed by atoms with Gasteiger partial charge in [-0.05, 0) is 104 Å². The highest BCUT2D eigenvalue weighted by Crippen LogP contribution is 2.59. The lowest BCUT2D eigenvalue weighted by atomic mass is 9.67. The van der Waals surface area contributed by atoms with Crippen LogP contribution in [0.1, 0.15) is 22.3 Å². The number of rotatable bonds is 6. The Morgan fingerprint density at radius 2 is 0.836 bits per heavy atom. The fourth-order valence-corrected chi connectivity index (χ4v) is 11.7. The number of aromatic nitrogens is 2. The molecular formula is C65H42N2. The minimum absolute atomic E-state index is 0.508. The van der Waals surface area contributed by atoms with Crippen LogP contribution in [-0.4, -0.2) is 9.13 Å². The van der Waals surface area contributed by atoms with E-state index in [0.29, 0.717) is 0 Å². The molecule has 2 heterocycles. The van der Waals surface area contributed by atoms with Gasteiger partial charge in [0.05, 0.1) is 33.2 Å². The first-order valence-corrected chi connectivity index (χ1v) is 23.3. The average Bonchev–Trinajstić information content (AvgIpc) is 4.03. The number of fused-ring (bicyclic) bond motifs is 11. The molecule has 2 heteroatoms. The van der Waals surface area contributed by atoms with E-state index >= 15 is 0 Å². The molecule has 0 saturated carbocycles. The molecule has 13 aromatic rings. The molecule has 312 valence electrons. The van der Waals surface area contributed by atoms with E-state index in [-0.39, 0.29) is 0 Å². The Balaban J connectivity index is 1.02. The Hall–Kier alpha value is -8.72. The van der Waals surface area contributed by atoms with Crippen molar-refractivity contribution in [1.82, 2.24) is 9.13 Å². The summed E-state index contributed by atoms with van der Waals surface area (Å²) in [7, 11) is 0. The molecule has 0 radical (unpaired) electrons. The molecule has 0 atom stereocenters. The van der Waals surface area contributed by atoms with Crippen molar-refractivity contribution in [3.8, 4) is 44.8 Å². The maximum atomic E-state index is 2.57. The molecule has 0 bridgehead atoms. The predicted octanol–water partition coefficient (Wildman–Crippen LogP) is 16.7. The number of hydrogen-bond donors (Lipinski definition) is 0. The maximum Gasteiger partial charge on any atom is 0.0714 e. The van der Waals surface area contributed by atoms with E-state index in [1.807, 2.05) is 0 Å². The van der Waals surface area contributed by atoms with Crippen molar-refractivity contribution in [1.29, 1.82) is 0 Å². The van der Waals surface area contributed by atoms with Crippen LogP contribution < -0.4 is 0 Å². The van der Waals surface area contributed by atoms with E-state index in [2.05, 4.69) is 264 Å². The number of benzene rings is 11. The molecule has 0 fully saturated rings. The second-order valence-electron chi connectivity index (χ2n) is 18.0. The van der Waals surface area contributed by atoms with Crippen LogP contribution in [-0.2, 0) is 5.41 Å². The van der Waals surface area contributed by atoms with Crippen molar-refractivity contribution in [2.24, 2.45) is 0 Å². The monoisotopic (exact) mass is 850 g/mol. The van der Waals surface area contributed by atoms with Crippen LogP contribution in [0.15, 0.2) is 255 Å². The molecule has 0 N–H and O–H groups in total. The minimum Gasteiger partial charge on any atom is -0.309 e. The smallest absolute Gasteiger partial charge is 0.0714 e. The Kier molecular flexibility index (Phi) is 8.23. The number of nitrogens with zero attached hydrogens (tertiary/aromatic N) is 2. The Bertz CT molecular complexity index is 4020. The second kappa shape index (κ2) is 14.7. The van der Waals surface area contributed by atoms with Crippen molar-refractivity contribution >= 4 is 54.4 Å². The fourth-order valence-electron chi connectivity index (χ4n) is 11.7. The quantitative estimate of drug-likeness (QED) is 0.158. The van der Waals surface area contributed by atoms with Crippen LogP contribution in [0.25, 0.3) is 99.1 Å². The first-order valence-electron chi connectivity index (χ1n) is 23.3. The van der Waals surface area contributed by atoms with Crippen LogP contribution in [0, 0.1) is 0 Å². The summed E-state index contributed by atoms with van der Waals surface area (Å²) in [6.07, 6.45) is 0. The summed E-state index contributed by atoms with van der Waals surface area (Å²) in [5.74, 6) is 0. The summed E-state index contributed by atoms with van der Waals surface area (Å²) in [5.41, 5.74) is 19.2. The van der Waals surface area contributed by atoms with Crippen molar-refractivity contribution in [2.75, 3.05) is 0 Å². The van der Waals surface area contributed by atoms with Crippen LogP contribution in [0.4, 0.5) is 0 Å². The molecule has 67 heavy (non-hydrogen) atoms. The molecule has 0 aliphatic heterocycles. The lowest BCUT2D eigenvalue weighted by Crippen LogP contribution is -2.28. The lowest BCUT2D eigenvalue weighted by molar-refractivity contribution is 0.769. The molecule has 0 spiro atoms. The van der Waals surface area contributed by atoms with E-state index in [9.17, 15) is 0 Å². The molecule has 0 saturated heterocycles. The van der Waals surface area contributed by atoms with Gasteiger partial charge < -0.3 is 9.13 Å². The molecule has 1 aliphatic carbocycles. The molecular weight excluding hydrogens is 809 g/mol. The summed E-state index contributed by atoms with van der Waals surface area (Å²) in [6, 6.07) is 94.3. The van der Waals surface area contributed by atoms with Gasteiger partial charge in [0.1, 0.15) is 0 Å². The third kappa shape index (κ3) is 5.45. The van der Waals surface area contributed by atoms with Gasteiger partial charge in [-0.15, -0.1) is 0 Å². The predicted molar refractivity (Wildman–Crippen MR) is 281 cm³/mol. The normalized spacial score (nSPS) is 12.9. The van der Waals surface area contributed by atoms with E-state index in [1.165, 1.54) is 116 Å². The number of para-hydroxylation sites is 1. The molecule has 11 aromatic carbocycles. The Morgan fingerprint density at radius 1 is 0.299 bits per heavy atom. The van der Waals surface area contributed by atoms with E-state index in [1.54, 1.807) is 0 Å². The Labute approximate surface area is 388 Å². The summed E-state index contributed by atoms with van der Waals surface area (Å²) < 4.78 is 4.98. The first-order chi connectivity index (χ1) is 33.3. The molecule has 2 aromatic heterocycles. The van der Waals surface area contributed by atoms with Gasteiger partial charge in [0.2, 0.25) is 0 Å². The zero-order chi connectivity index (χ0) is 44.1. The van der Waals surface area contributed by atoms with Crippen LogP contribution >= 0.6 is 0 Å². The highest BCUT2D eigenvalue weighted by atomic mass is 15.0. The molecule has 14 rings (SSSR count). The third-order valence-electron chi connectivity index (χ3n) is 14.6. The van der Waals surface area contributed by atoms with Crippen molar-refractivity contribution in [2.45, 2.75) is 5.41 Å². The van der Waals surface area contributed by atoms with Crippen LogP contribution in [0.2, 0.25) is 0 Å². The summed E-state index contributed by atoms with van der Waals surface area (Å²) in [5, 5.41) is 7.42. The highest BCUT2D eigenvalue weighted by molar-refractivity contribution is 6.18. The zero-order valence-electron chi connectivity index (χ0n) is 36.6. The third-order valence-corrected chi connectivity index (χ3v) is 14.6. The summed E-state index contributed by atoms with van der Waals surface area (Å²) in [6.45, 7) is 0. The largest absolute Gasteiger partial charge is 0.309 e. The molecule has 1 aliphatic rings. The van der Waals surface area contributed by atoms with Gasteiger partial charge in [-0.1, -0.05) is 206 Å². The van der Waals surface area contributed by atoms with Crippen LogP contribution in [0.3, 0.4) is 0 Å². The number of hydrogen-bond acceptors (Lipinski definition) is 0. The topological polar surface area (TPSA) is 9.86 Å². The molecule has 0 unspecified atom stereocenters. The average molecular weight is 851 g/mol. The van der Waals surface area contributed by atoms with E-state index in [4.69, 9.17) is 0 Å². The van der Waals surface area contributed by atoms with Gasteiger partial charge in [0.25, 0.3) is 0 Å². The van der Waals surface area contributed by atoms with Crippen LogP contribution in [0.5, 0.6) is 0 Å². The Morgan fingerprint density at radius 3 is 1.57 bits per heavy atom. The lowest BCUT2D eigenvalue weighted by Gasteiger charge is -2.33. The maximum absolute atomic E-state index is 2.57. The van der Waals surface area contributed by atoms with Crippen molar-refractivity contribution < 1.29 is 0 Å². The second-order valence-corrected chi connectivity index (χ2v) is 18.0. The van der Waals surface area contributed by atoms with Crippen molar-refractivity contribution in [3.05, 3.63) is 277 Å². The fraction of sp³-hybridized carbons (Fsp3) is 0.0154. The SMILES string of the molecule is c1ccc(-c2ccc(-n3c4ccccc4c4cc(-c5ccc6c(c5)c5ccc7c(c5n6-c5cccc6ccccc56)-c5ccccc5C7(c5ccccc5)c5ccccc5)ccc43)cc2)cc1. The van der Waals surface area contributed by atoms with Gasteiger partial charge >= 0.3 is 0 Å². The van der Waals surface area contributed by atoms with Gasteiger partial charge in [0.15, 0.2) is 0 Å². The minimum atomic E-state index is -0.508. The standard InChI is InChI=1S/C65H42N2/c1-4-17-43(18-5-1)44-31-35-50(36-32-44)66-60-29-15-13-26-52(60)55-41-46(33-39-61(55)66)47-34-40-62-56(42-47)53-37-38-58-63(64(53)67(62)59-30-16-20-45-19-10-11-25-51(45)59)54-27-12-14-28-57(54)65(58,48-21-6-2-7-22-48)49-23-8-3-9-24-49/h1-42H.